The van der Waals surface area contributed by atoms with Gasteiger partial charge in [-0.15, -0.1) is 0 Å². The molecule has 4 nitrogen and oxygen atoms in total. The summed E-state index contributed by atoms with van der Waals surface area (Å²) in [6, 6.07) is 7.27. The van der Waals surface area contributed by atoms with E-state index in [0.29, 0.717) is 25.4 Å². The van der Waals surface area contributed by atoms with Gasteiger partial charge in [-0.1, -0.05) is 17.7 Å². The Kier molecular flexibility index (Phi) is 6.29. The molecule has 0 unspecified atom stereocenters. The van der Waals surface area contributed by atoms with E-state index < -0.39 is 0 Å². The Hall–Kier alpha value is -1.39. The van der Waals surface area contributed by atoms with Gasteiger partial charge in [0.2, 0.25) is 0 Å². The highest BCUT2D eigenvalue weighted by atomic mass is 16.6. The minimum atomic E-state index is -0.319. The molecule has 4 heteroatoms. The van der Waals surface area contributed by atoms with Crippen LogP contribution < -0.4 is 0 Å². The largest absolute Gasteiger partial charge is 0.460 e. The first-order valence-electron chi connectivity index (χ1n) is 5.54. The van der Waals surface area contributed by atoms with Gasteiger partial charge in [0.05, 0.1) is 25.4 Å². The van der Waals surface area contributed by atoms with Gasteiger partial charge in [-0.2, -0.15) is 0 Å². The van der Waals surface area contributed by atoms with E-state index >= 15 is 0 Å². The summed E-state index contributed by atoms with van der Waals surface area (Å²) in [5.41, 5.74) is 1.68. The summed E-state index contributed by atoms with van der Waals surface area (Å²) in [6.07, 6.45) is 0. The molecule has 1 aromatic rings. The molecule has 1 aromatic carbocycles. The molecule has 0 fully saturated rings. The molecule has 0 saturated heterocycles. The fourth-order valence-corrected chi connectivity index (χ4v) is 1.21. The van der Waals surface area contributed by atoms with Crippen LogP contribution in [0.15, 0.2) is 24.3 Å². The number of methoxy groups -OCH3 is 1. The molecule has 0 aromatic heterocycles. The van der Waals surface area contributed by atoms with Crippen molar-refractivity contribution in [3.05, 3.63) is 35.4 Å². The summed E-state index contributed by atoms with van der Waals surface area (Å²) in [7, 11) is 1.61. The highest BCUT2D eigenvalue weighted by Gasteiger charge is 2.05. The van der Waals surface area contributed by atoms with Gasteiger partial charge < -0.3 is 14.2 Å². The van der Waals surface area contributed by atoms with Gasteiger partial charge in [0.1, 0.15) is 6.61 Å². The van der Waals surface area contributed by atoms with Crippen LogP contribution in [0.4, 0.5) is 0 Å². The summed E-state index contributed by atoms with van der Waals surface area (Å²) in [5.74, 6) is -0.319. The molecule has 17 heavy (non-hydrogen) atoms. The maximum Gasteiger partial charge on any atom is 0.338 e. The maximum absolute atomic E-state index is 11.5. The Balaban J connectivity index is 2.19. The van der Waals surface area contributed by atoms with Gasteiger partial charge in [0, 0.05) is 7.11 Å². The topological polar surface area (TPSA) is 44.8 Å². The molecule has 0 radical (unpaired) electrons. The molecular formula is C13H18O4. The SMILES string of the molecule is COCCOCCOC(=O)c1ccc(C)cc1. The Bertz CT molecular complexity index is 332. The van der Waals surface area contributed by atoms with Gasteiger partial charge in [0.15, 0.2) is 0 Å². The van der Waals surface area contributed by atoms with Crippen molar-refractivity contribution in [1.82, 2.24) is 0 Å². The van der Waals surface area contributed by atoms with Crippen molar-refractivity contribution in [2.24, 2.45) is 0 Å². The van der Waals surface area contributed by atoms with Crippen LogP contribution in [0.5, 0.6) is 0 Å². The monoisotopic (exact) mass is 238 g/mol. The van der Waals surface area contributed by atoms with Gasteiger partial charge in [-0.25, -0.2) is 4.79 Å². The van der Waals surface area contributed by atoms with Crippen molar-refractivity contribution in [1.29, 1.82) is 0 Å². The molecule has 0 heterocycles. The second kappa shape index (κ2) is 7.81. The van der Waals surface area contributed by atoms with E-state index in [4.69, 9.17) is 14.2 Å². The van der Waals surface area contributed by atoms with Crippen LogP contribution in [0.3, 0.4) is 0 Å². The summed E-state index contributed by atoms with van der Waals surface area (Å²) in [4.78, 5) is 11.5. The molecule has 94 valence electrons. The number of carbonyl (C=O) groups is 1. The lowest BCUT2D eigenvalue weighted by molar-refractivity contribution is 0.0214. The zero-order valence-corrected chi connectivity index (χ0v) is 10.3. The van der Waals surface area contributed by atoms with Crippen LogP contribution in [0, 0.1) is 6.92 Å². The maximum atomic E-state index is 11.5. The number of ether oxygens (including phenoxy) is 3. The second-order valence-electron chi connectivity index (χ2n) is 3.61. The van der Waals surface area contributed by atoms with Gasteiger partial charge in [-0.05, 0) is 19.1 Å². The Morgan fingerprint density at radius 2 is 1.71 bits per heavy atom. The summed E-state index contributed by atoms with van der Waals surface area (Å²) in [5, 5.41) is 0. The minimum Gasteiger partial charge on any atom is -0.460 e. The zero-order valence-electron chi connectivity index (χ0n) is 10.3. The third kappa shape index (κ3) is 5.47. The van der Waals surface area contributed by atoms with Crippen LogP contribution in [0.1, 0.15) is 15.9 Å². The standard InChI is InChI=1S/C13H18O4/c1-11-3-5-12(6-4-11)13(14)17-10-9-16-8-7-15-2/h3-6H,7-10H2,1-2H3. The zero-order chi connectivity index (χ0) is 12.5. The number of hydrogen-bond acceptors (Lipinski definition) is 4. The molecule has 0 spiro atoms. The summed E-state index contributed by atoms with van der Waals surface area (Å²) >= 11 is 0. The molecular weight excluding hydrogens is 220 g/mol. The number of rotatable bonds is 7. The molecule has 1 rings (SSSR count). The van der Waals surface area contributed by atoms with Crippen LogP contribution in [-0.4, -0.2) is 39.5 Å². The van der Waals surface area contributed by atoms with Crippen molar-refractivity contribution in [3.63, 3.8) is 0 Å². The number of carbonyl (C=O) groups excluding carboxylic acids is 1. The molecule has 0 amide bonds. The van der Waals surface area contributed by atoms with E-state index in [1.165, 1.54) is 0 Å². The normalized spacial score (nSPS) is 10.2. The molecule has 0 aliphatic heterocycles. The van der Waals surface area contributed by atoms with Gasteiger partial charge in [0.25, 0.3) is 0 Å². The minimum absolute atomic E-state index is 0.260. The molecule has 0 atom stereocenters. The van der Waals surface area contributed by atoms with E-state index in [9.17, 15) is 4.79 Å². The van der Waals surface area contributed by atoms with Crippen molar-refractivity contribution in [2.45, 2.75) is 6.92 Å². The van der Waals surface area contributed by atoms with E-state index in [0.717, 1.165) is 5.56 Å². The highest BCUT2D eigenvalue weighted by Crippen LogP contribution is 2.04. The lowest BCUT2D eigenvalue weighted by atomic mass is 10.1. The molecule has 0 bridgehead atoms. The summed E-state index contributed by atoms with van der Waals surface area (Å²) in [6.45, 7) is 3.68. The fourth-order valence-electron chi connectivity index (χ4n) is 1.21. The van der Waals surface area contributed by atoms with Gasteiger partial charge in [-0.3, -0.25) is 0 Å². The average Bonchev–Trinajstić information content (AvgIpc) is 2.34. The predicted molar refractivity (Wildman–Crippen MR) is 64.2 cm³/mol. The van der Waals surface area contributed by atoms with Crippen molar-refractivity contribution in [2.75, 3.05) is 33.5 Å². The predicted octanol–water partition coefficient (Wildman–Crippen LogP) is 1.81. The Morgan fingerprint density at radius 3 is 2.35 bits per heavy atom. The first-order chi connectivity index (χ1) is 8.24. The van der Waals surface area contributed by atoms with Gasteiger partial charge >= 0.3 is 5.97 Å². The van der Waals surface area contributed by atoms with Crippen LogP contribution in [0.2, 0.25) is 0 Å². The van der Waals surface area contributed by atoms with E-state index in [1.807, 2.05) is 19.1 Å². The van der Waals surface area contributed by atoms with Crippen LogP contribution in [-0.2, 0) is 14.2 Å². The van der Waals surface area contributed by atoms with Crippen LogP contribution in [0.25, 0.3) is 0 Å². The molecule has 0 aliphatic rings. The summed E-state index contributed by atoms with van der Waals surface area (Å²) < 4.78 is 15.0. The number of benzene rings is 1. The number of hydrogen-bond donors (Lipinski definition) is 0. The number of esters is 1. The van der Waals surface area contributed by atoms with Crippen LogP contribution >= 0.6 is 0 Å². The molecule has 0 N–H and O–H groups in total. The van der Waals surface area contributed by atoms with Crippen molar-refractivity contribution in [3.8, 4) is 0 Å². The lowest BCUT2D eigenvalue weighted by Gasteiger charge is -2.06. The van der Waals surface area contributed by atoms with Crippen molar-refractivity contribution >= 4 is 5.97 Å². The number of aryl methyl sites for hydroxylation is 1. The average molecular weight is 238 g/mol. The van der Waals surface area contributed by atoms with E-state index in [2.05, 4.69) is 0 Å². The lowest BCUT2D eigenvalue weighted by Crippen LogP contribution is -2.12. The fraction of sp³-hybridized carbons (Fsp3) is 0.462. The highest BCUT2D eigenvalue weighted by molar-refractivity contribution is 5.89. The quantitative estimate of drug-likeness (QED) is 0.537. The Labute approximate surface area is 101 Å². The molecule has 0 saturated carbocycles. The first kappa shape index (κ1) is 13.7. The van der Waals surface area contributed by atoms with Crippen molar-refractivity contribution < 1.29 is 19.0 Å². The smallest absolute Gasteiger partial charge is 0.338 e. The molecule has 0 aliphatic carbocycles. The third-order valence-corrected chi connectivity index (χ3v) is 2.18. The second-order valence-corrected chi connectivity index (χ2v) is 3.61. The van der Waals surface area contributed by atoms with E-state index in [-0.39, 0.29) is 12.6 Å². The van der Waals surface area contributed by atoms with E-state index in [1.54, 1.807) is 19.2 Å². The Morgan fingerprint density at radius 1 is 1.06 bits per heavy atom. The third-order valence-electron chi connectivity index (χ3n) is 2.18. The first-order valence-corrected chi connectivity index (χ1v) is 5.54.